The molecule has 0 saturated heterocycles. The molecule has 0 aliphatic rings. The molecule has 1 aromatic carbocycles. The van der Waals surface area contributed by atoms with Crippen molar-refractivity contribution in [3.8, 4) is 0 Å². The maximum atomic E-state index is 11.5. The van der Waals surface area contributed by atoms with E-state index in [0.29, 0.717) is 16.1 Å². The number of nitrogens with zero attached hydrogens (tertiary/aromatic N) is 1. The highest BCUT2D eigenvalue weighted by Crippen LogP contribution is 2.19. The van der Waals surface area contributed by atoms with Crippen LogP contribution in [0.1, 0.15) is 20.8 Å². The van der Waals surface area contributed by atoms with E-state index in [1.165, 1.54) is 0 Å². The van der Waals surface area contributed by atoms with Crippen LogP contribution in [-0.2, 0) is 9.84 Å². The molecule has 17 heavy (non-hydrogen) atoms. The van der Waals surface area contributed by atoms with E-state index < -0.39 is 9.84 Å². The summed E-state index contributed by atoms with van der Waals surface area (Å²) >= 11 is 5.78. The quantitative estimate of drug-likeness (QED) is 0.915. The maximum absolute atomic E-state index is 11.5. The fourth-order valence-corrected chi connectivity index (χ4v) is 2.19. The van der Waals surface area contributed by atoms with Crippen LogP contribution in [0.15, 0.2) is 23.4 Å². The second-order valence-electron chi connectivity index (χ2n) is 3.11. The van der Waals surface area contributed by atoms with E-state index in [0.717, 1.165) is 0 Å². The number of imidazole rings is 1. The van der Waals surface area contributed by atoms with Crippen LogP contribution in [0.3, 0.4) is 0 Å². The minimum atomic E-state index is -3.28. The molecular formula is C11H15ClN2O2S. The van der Waals surface area contributed by atoms with E-state index in [-0.39, 0.29) is 10.9 Å². The van der Waals surface area contributed by atoms with E-state index in [9.17, 15) is 8.42 Å². The highest BCUT2D eigenvalue weighted by atomic mass is 35.5. The van der Waals surface area contributed by atoms with Crippen LogP contribution in [0.2, 0.25) is 5.02 Å². The van der Waals surface area contributed by atoms with Crippen molar-refractivity contribution in [3.05, 3.63) is 23.2 Å². The monoisotopic (exact) mass is 274 g/mol. The smallest absolute Gasteiger partial charge is 0.226 e. The molecule has 0 unspecified atom stereocenters. The number of H-pyrrole nitrogens is 1. The number of nitrogens with one attached hydrogen (secondary N) is 1. The van der Waals surface area contributed by atoms with Gasteiger partial charge in [-0.2, -0.15) is 0 Å². The number of sulfone groups is 1. The van der Waals surface area contributed by atoms with Gasteiger partial charge in [0.05, 0.1) is 16.8 Å². The lowest BCUT2D eigenvalue weighted by atomic mass is 10.3. The Morgan fingerprint density at radius 2 is 2.00 bits per heavy atom. The van der Waals surface area contributed by atoms with Crippen molar-refractivity contribution in [2.24, 2.45) is 0 Å². The van der Waals surface area contributed by atoms with Gasteiger partial charge in [-0.15, -0.1) is 0 Å². The van der Waals surface area contributed by atoms with Gasteiger partial charge in [0.2, 0.25) is 15.0 Å². The number of aromatic nitrogens is 2. The van der Waals surface area contributed by atoms with E-state index in [1.807, 2.05) is 13.8 Å². The van der Waals surface area contributed by atoms with Crippen molar-refractivity contribution in [2.75, 3.05) is 5.75 Å². The lowest BCUT2D eigenvalue weighted by Gasteiger charge is -1.92. The Kier molecular flexibility index (Phi) is 4.54. The molecule has 1 heterocycles. The highest BCUT2D eigenvalue weighted by Gasteiger charge is 2.16. The molecule has 1 N–H and O–H groups in total. The van der Waals surface area contributed by atoms with E-state index in [4.69, 9.17) is 11.6 Å². The van der Waals surface area contributed by atoms with Crippen LogP contribution < -0.4 is 0 Å². The number of hydrogen-bond acceptors (Lipinski definition) is 3. The minimum Gasteiger partial charge on any atom is -0.329 e. The van der Waals surface area contributed by atoms with Crippen molar-refractivity contribution in [1.29, 1.82) is 0 Å². The normalized spacial score (nSPS) is 11.1. The van der Waals surface area contributed by atoms with Gasteiger partial charge in [-0.3, -0.25) is 0 Å². The Hall–Kier alpha value is -1.07. The molecule has 0 atom stereocenters. The van der Waals surface area contributed by atoms with Crippen molar-refractivity contribution in [2.45, 2.75) is 25.9 Å². The summed E-state index contributed by atoms with van der Waals surface area (Å²) in [7, 11) is -3.28. The van der Waals surface area contributed by atoms with Gasteiger partial charge in [-0.25, -0.2) is 13.4 Å². The zero-order valence-electron chi connectivity index (χ0n) is 9.99. The Morgan fingerprint density at radius 1 is 1.35 bits per heavy atom. The summed E-state index contributed by atoms with van der Waals surface area (Å²) in [5.41, 5.74) is 1.24. The zero-order valence-corrected chi connectivity index (χ0v) is 11.6. The number of fused-ring (bicyclic) bond motifs is 1. The van der Waals surface area contributed by atoms with Crippen molar-refractivity contribution in [1.82, 2.24) is 9.97 Å². The molecule has 0 saturated carbocycles. The van der Waals surface area contributed by atoms with Gasteiger partial charge in [0.15, 0.2) is 0 Å². The molecule has 0 bridgehead atoms. The number of hydrogen-bond donors (Lipinski definition) is 1. The van der Waals surface area contributed by atoms with Crippen molar-refractivity contribution < 1.29 is 8.42 Å². The SMILES string of the molecule is CC.CCS(=O)(=O)c1nc2ccc(Cl)cc2[nH]1. The predicted molar refractivity (Wildman–Crippen MR) is 70.2 cm³/mol. The number of halogens is 1. The van der Waals surface area contributed by atoms with Crippen LogP contribution >= 0.6 is 11.6 Å². The van der Waals surface area contributed by atoms with Crippen LogP contribution in [0.25, 0.3) is 11.0 Å². The molecule has 6 heteroatoms. The Bertz CT molecular complexity index is 605. The Balaban J connectivity index is 0.000000686. The first-order chi connectivity index (χ1) is 8.03. The summed E-state index contributed by atoms with van der Waals surface area (Å²) < 4.78 is 23.1. The highest BCUT2D eigenvalue weighted by molar-refractivity contribution is 7.91. The third-order valence-electron chi connectivity index (χ3n) is 2.10. The first-order valence-electron chi connectivity index (χ1n) is 5.41. The molecule has 0 fully saturated rings. The first-order valence-corrected chi connectivity index (χ1v) is 7.44. The molecule has 2 aromatic rings. The van der Waals surface area contributed by atoms with Crippen LogP contribution in [0.5, 0.6) is 0 Å². The molecule has 4 nitrogen and oxygen atoms in total. The number of benzene rings is 1. The standard InChI is InChI=1S/C9H9ClN2O2S.C2H6/c1-2-15(13,14)9-11-7-4-3-6(10)5-8(7)12-9;1-2/h3-5H,2H2,1H3,(H,11,12);1-2H3. The summed E-state index contributed by atoms with van der Waals surface area (Å²) in [5.74, 6) is 0.0283. The summed E-state index contributed by atoms with van der Waals surface area (Å²) in [6, 6.07) is 5.01. The largest absolute Gasteiger partial charge is 0.329 e. The third kappa shape index (κ3) is 2.98. The predicted octanol–water partition coefficient (Wildman–Crippen LogP) is 3.04. The lowest BCUT2D eigenvalue weighted by Crippen LogP contribution is -2.05. The van der Waals surface area contributed by atoms with Crippen LogP contribution in [-0.4, -0.2) is 24.1 Å². The molecule has 1 aromatic heterocycles. The molecule has 94 valence electrons. The fraction of sp³-hybridized carbons (Fsp3) is 0.364. The second kappa shape index (κ2) is 5.51. The van der Waals surface area contributed by atoms with Crippen molar-refractivity contribution >= 4 is 32.5 Å². The summed E-state index contributed by atoms with van der Waals surface area (Å²) in [6.07, 6.45) is 0. The number of aromatic amines is 1. The maximum Gasteiger partial charge on any atom is 0.226 e. The number of rotatable bonds is 2. The Morgan fingerprint density at radius 3 is 2.59 bits per heavy atom. The first kappa shape index (κ1) is 14.0. The van der Waals surface area contributed by atoms with Gasteiger partial charge in [0.1, 0.15) is 0 Å². The topological polar surface area (TPSA) is 62.8 Å². The van der Waals surface area contributed by atoms with Crippen LogP contribution in [0, 0.1) is 0 Å². The van der Waals surface area contributed by atoms with Crippen molar-refractivity contribution in [3.63, 3.8) is 0 Å². The molecule has 2 rings (SSSR count). The minimum absolute atomic E-state index is 0.00210. The second-order valence-corrected chi connectivity index (χ2v) is 5.74. The van der Waals surface area contributed by atoms with Gasteiger partial charge in [0, 0.05) is 5.02 Å². The van der Waals surface area contributed by atoms with Gasteiger partial charge >= 0.3 is 0 Å². The van der Waals surface area contributed by atoms with E-state index >= 15 is 0 Å². The fourth-order valence-electron chi connectivity index (χ4n) is 1.24. The molecule has 0 spiro atoms. The van der Waals surface area contributed by atoms with Gasteiger partial charge in [-0.05, 0) is 18.2 Å². The summed E-state index contributed by atoms with van der Waals surface area (Å²) in [4.78, 5) is 6.74. The summed E-state index contributed by atoms with van der Waals surface area (Å²) in [5, 5.41) is 0.550. The molecule has 0 amide bonds. The average Bonchev–Trinajstić information content (AvgIpc) is 2.75. The summed E-state index contributed by atoms with van der Waals surface area (Å²) in [6.45, 7) is 5.58. The third-order valence-corrected chi connectivity index (χ3v) is 3.87. The molecule has 0 aliphatic carbocycles. The average molecular weight is 275 g/mol. The Labute approximate surface area is 106 Å². The van der Waals surface area contributed by atoms with Gasteiger partial charge in [0.25, 0.3) is 0 Å². The molecular weight excluding hydrogens is 260 g/mol. The van der Waals surface area contributed by atoms with Crippen LogP contribution in [0.4, 0.5) is 0 Å². The van der Waals surface area contributed by atoms with Gasteiger partial charge in [-0.1, -0.05) is 32.4 Å². The van der Waals surface area contributed by atoms with E-state index in [2.05, 4.69) is 9.97 Å². The zero-order chi connectivity index (χ0) is 13.1. The van der Waals surface area contributed by atoms with E-state index in [1.54, 1.807) is 25.1 Å². The molecule has 0 radical (unpaired) electrons. The molecule has 0 aliphatic heterocycles. The van der Waals surface area contributed by atoms with Gasteiger partial charge < -0.3 is 4.98 Å². The lowest BCUT2D eigenvalue weighted by molar-refractivity contribution is 0.590.